The van der Waals surface area contributed by atoms with Crippen LogP contribution < -0.4 is 10.2 Å². The van der Waals surface area contributed by atoms with E-state index in [1.807, 2.05) is 0 Å². The van der Waals surface area contributed by atoms with Crippen LogP contribution in [-0.2, 0) is 0 Å². The summed E-state index contributed by atoms with van der Waals surface area (Å²) in [5.74, 6) is 1.94. The maximum atomic E-state index is 4.46. The molecule has 0 amide bonds. The lowest BCUT2D eigenvalue weighted by Gasteiger charge is -2.26. The van der Waals surface area contributed by atoms with Crippen molar-refractivity contribution < 1.29 is 0 Å². The van der Waals surface area contributed by atoms with E-state index in [-0.39, 0.29) is 0 Å². The first-order valence-electron chi connectivity index (χ1n) is 6.78. The minimum absolute atomic E-state index is 0.621. The molecule has 0 spiro atoms. The molecule has 1 aliphatic heterocycles. The Morgan fingerprint density at radius 3 is 3.00 bits per heavy atom. The Balaban J connectivity index is 2.22. The van der Waals surface area contributed by atoms with E-state index >= 15 is 0 Å². The predicted molar refractivity (Wildman–Crippen MR) is 79.2 cm³/mol. The summed E-state index contributed by atoms with van der Waals surface area (Å²) in [6.07, 6.45) is 6.45. The van der Waals surface area contributed by atoms with Gasteiger partial charge < -0.3 is 10.2 Å². The summed E-state index contributed by atoms with van der Waals surface area (Å²) < 4.78 is 0.999. The predicted octanol–water partition coefficient (Wildman–Crippen LogP) is 3.44. The maximum Gasteiger partial charge on any atom is 0.148 e. The lowest BCUT2D eigenvalue weighted by atomic mass is 10.2. The van der Waals surface area contributed by atoms with Gasteiger partial charge in [-0.05, 0) is 41.6 Å². The molecule has 1 aromatic heterocycles. The molecule has 0 bridgehead atoms. The first-order valence-corrected chi connectivity index (χ1v) is 7.58. The fraction of sp³-hybridized carbons (Fsp3) is 0.692. The average Bonchev–Trinajstić information content (AvgIpc) is 2.85. The number of aromatic nitrogens is 2. The van der Waals surface area contributed by atoms with E-state index in [1.165, 1.54) is 19.3 Å². The van der Waals surface area contributed by atoms with E-state index in [9.17, 15) is 0 Å². The second-order valence-electron chi connectivity index (χ2n) is 4.68. The largest absolute Gasteiger partial charge is 0.369 e. The maximum absolute atomic E-state index is 4.46. The topological polar surface area (TPSA) is 41.1 Å². The van der Waals surface area contributed by atoms with Crippen LogP contribution in [0.2, 0.25) is 0 Å². The molecule has 1 atom stereocenters. The number of hydrogen-bond donors (Lipinski definition) is 1. The van der Waals surface area contributed by atoms with Crippen LogP contribution in [-0.4, -0.2) is 29.1 Å². The van der Waals surface area contributed by atoms with Crippen LogP contribution in [0, 0.1) is 0 Å². The van der Waals surface area contributed by atoms with Crippen molar-refractivity contribution in [3.05, 3.63) is 10.8 Å². The summed E-state index contributed by atoms with van der Waals surface area (Å²) in [6.45, 7) is 6.43. The van der Waals surface area contributed by atoms with Gasteiger partial charge in [-0.1, -0.05) is 13.8 Å². The molecule has 2 heterocycles. The van der Waals surface area contributed by atoms with Crippen molar-refractivity contribution >= 4 is 27.6 Å². The first kappa shape index (κ1) is 13.6. The van der Waals surface area contributed by atoms with Crippen molar-refractivity contribution in [2.24, 2.45) is 0 Å². The van der Waals surface area contributed by atoms with Crippen LogP contribution in [0.15, 0.2) is 10.8 Å². The van der Waals surface area contributed by atoms with Crippen LogP contribution in [0.1, 0.15) is 39.5 Å². The Kier molecular flexibility index (Phi) is 4.80. The normalized spacial score (nSPS) is 19.3. The van der Waals surface area contributed by atoms with Crippen molar-refractivity contribution in [2.45, 2.75) is 45.6 Å². The van der Waals surface area contributed by atoms with Crippen molar-refractivity contribution in [3.63, 3.8) is 0 Å². The van der Waals surface area contributed by atoms with E-state index in [1.54, 1.807) is 6.33 Å². The molecule has 1 saturated heterocycles. The molecule has 0 aliphatic carbocycles. The average molecular weight is 313 g/mol. The van der Waals surface area contributed by atoms with Crippen molar-refractivity contribution in [3.8, 4) is 0 Å². The fourth-order valence-electron chi connectivity index (χ4n) is 2.47. The van der Waals surface area contributed by atoms with E-state index in [2.05, 4.69) is 50.0 Å². The molecule has 0 radical (unpaired) electrons. The van der Waals surface area contributed by atoms with Crippen molar-refractivity contribution in [2.75, 3.05) is 23.3 Å². The summed E-state index contributed by atoms with van der Waals surface area (Å²) in [4.78, 5) is 11.2. The van der Waals surface area contributed by atoms with E-state index in [4.69, 9.17) is 0 Å². The SMILES string of the molecule is CCCNc1ncnc(N2CCCC2CC)c1Br. The lowest BCUT2D eigenvalue weighted by molar-refractivity contribution is 0.639. The third-order valence-electron chi connectivity index (χ3n) is 3.43. The summed E-state index contributed by atoms with van der Waals surface area (Å²) in [6, 6.07) is 0.621. The number of halogens is 1. The number of nitrogens with zero attached hydrogens (tertiary/aromatic N) is 3. The minimum Gasteiger partial charge on any atom is -0.369 e. The molecule has 1 aliphatic rings. The Bertz CT molecular complexity index is 397. The fourth-order valence-corrected chi connectivity index (χ4v) is 3.04. The van der Waals surface area contributed by atoms with Gasteiger partial charge >= 0.3 is 0 Å². The summed E-state index contributed by atoms with van der Waals surface area (Å²) in [7, 11) is 0. The molecule has 0 aromatic carbocycles. The zero-order chi connectivity index (χ0) is 13.0. The summed E-state index contributed by atoms with van der Waals surface area (Å²) >= 11 is 3.65. The number of hydrogen-bond acceptors (Lipinski definition) is 4. The van der Waals surface area contributed by atoms with E-state index < -0.39 is 0 Å². The third kappa shape index (κ3) is 2.76. The minimum atomic E-state index is 0.621. The van der Waals surface area contributed by atoms with Crippen molar-refractivity contribution in [1.82, 2.24) is 9.97 Å². The van der Waals surface area contributed by atoms with Crippen LogP contribution in [0.25, 0.3) is 0 Å². The van der Waals surface area contributed by atoms with Crippen molar-refractivity contribution in [1.29, 1.82) is 0 Å². The highest BCUT2D eigenvalue weighted by atomic mass is 79.9. The second kappa shape index (κ2) is 6.36. The monoisotopic (exact) mass is 312 g/mol. The Morgan fingerprint density at radius 2 is 2.28 bits per heavy atom. The summed E-state index contributed by atoms with van der Waals surface area (Å²) in [5.41, 5.74) is 0. The second-order valence-corrected chi connectivity index (χ2v) is 5.48. The van der Waals surface area contributed by atoms with Gasteiger partial charge in [0.2, 0.25) is 0 Å². The molecular formula is C13H21BrN4. The van der Waals surface area contributed by atoms with Gasteiger partial charge in [0, 0.05) is 19.1 Å². The highest BCUT2D eigenvalue weighted by molar-refractivity contribution is 9.10. The van der Waals surface area contributed by atoms with Crippen LogP contribution in [0.4, 0.5) is 11.6 Å². The van der Waals surface area contributed by atoms with Gasteiger partial charge in [0.05, 0.1) is 0 Å². The van der Waals surface area contributed by atoms with Gasteiger partial charge in [0.1, 0.15) is 22.4 Å². The number of anilines is 2. The standard InChI is InChI=1S/C13H21BrN4/c1-3-7-15-12-11(14)13(17-9-16-12)18-8-5-6-10(18)4-2/h9-10H,3-8H2,1-2H3,(H,15,16,17). The highest BCUT2D eigenvalue weighted by Gasteiger charge is 2.26. The highest BCUT2D eigenvalue weighted by Crippen LogP contribution is 2.34. The Labute approximate surface area is 117 Å². The smallest absolute Gasteiger partial charge is 0.148 e. The van der Waals surface area contributed by atoms with Crippen LogP contribution in [0.3, 0.4) is 0 Å². The molecule has 4 nitrogen and oxygen atoms in total. The molecular weight excluding hydrogens is 292 g/mol. The zero-order valence-electron chi connectivity index (χ0n) is 11.1. The molecule has 1 unspecified atom stereocenters. The molecule has 1 aromatic rings. The van der Waals surface area contributed by atoms with E-state index in [0.29, 0.717) is 6.04 Å². The zero-order valence-corrected chi connectivity index (χ0v) is 12.7. The first-order chi connectivity index (χ1) is 8.77. The molecule has 18 heavy (non-hydrogen) atoms. The molecule has 5 heteroatoms. The quantitative estimate of drug-likeness (QED) is 0.904. The Morgan fingerprint density at radius 1 is 1.44 bits per heavy atom. The van der Waals surface area contributed by atoms with Crippen LogP contribution >= 0.6 is 15.9 Å². The van der Waals surface area contributed by atoms with Gasteiger partial charge in [-0.15, -0.1) is 0 Å². The molecule has 0 saturated carbocycles. The number of nitrogens with one attached hydrogen (secondary N) is 1. The molecule has 100 valence electrons. The third-order valence-corrected chi connectivity index (χ3v) is 4.16. The van der Waals surface area contributed by atoms with Gasteiger partial charge in [-0.25, -0.2) is 9.97 Å². The molecule has 2 rings (SSSR count). The van der Waals surface area contributed by atoms with Gasteiger partial charge in [0.15, 0.2) is 0 Å². The lowest BCUT2D eigenvalue weighted by Crippen LogP contribution is -2.29. The molecule has 1 N–H and O–H groups in total. The van der Waals surface area contributed by atoms with Gasteiger partial charge in [0.25, 0.3) is 0 Å². The summed E-state index contributed by atoms with van der Waals surface area (Å²) in [5, 5.41) is 3.33. The number of rotatable bonds is 5. The van der Waals surface area contributed by atoms with Gasteiger partial charge in [-0.2, -0.15) is 0 Å². The van der Waals surface area contributed by atoms with Crippen LogP contribution in [0.5, 0.6) is 0 Å². The van der Waals surface area contributed by atoms with E-state index in [0.717, 1.165) is 35.6 Å². The molecule has 1 fully saturated rings. The van der Waals surface area contributed by atoms with Gasteiger partial charge in [-0.3, -0.25) is 0 Å². The Hall–Kier alpha value is -0.840.